The van der Waals surface area contributed by atoms with Gasteiger partial charge in [-0.25, -0.2) is 4.79 Å². The first-order chi connectivity index (χ1) is 7.79. The van der Waals surface area contributed by atoms with Gasteiger partial charge in [-0.1, -0.05) is 12.8 Å². The van der Waals surface area contributed by atoms with Crippen LogP contribution >= 0.6 is 0 Å². The van der Waals surface area contributed by atoms with Crippen molar-refractivity contribution in [1.29, 1.82) is 0 Å². The molecule has 0 spiro atoms. The smallest absolute Gasteiger partial charge is 0.317 e. The van der Waals surface area contributed by atoms with Crippen molar-refractivity contribution >= 4 is 6.03 Å². The Morgan fingerprint density at radius 1 is 1.12 bits per heavy atom. The Labute approximate surface area is 97.3 Å². The Morgan fingerprint density at radius 3 is 2.25 bits per heavy atom. The van der Waals surface area contributed by atoms with E-state index in [1.165, 1.54) is 25.7 Å². The number of carbonyl (C=O) groups is 1. The third-order valence-corrected chi connectivity index (χ3v) is 3.63. The van der Waals surface area contributed by atoms with Crippen LogP contribution in [0.5, 0.6) is 0 Å². The number of hydrogen-bond acceptors (Lipinski definition) is 2. The van der Waals surface area contributed by atoms with Crippen LogP contribution in [0.15, 0.2) is 0 Å². The Morgan fingerprint density at radius 2 is 1.69 bits per heavy atom. The van der Waals surface area contributed by atoms with Gasteiger partial charge in [-0.15, -0.1) is 0 Å². The molecule has 1 heterocycles. The van der Waals surface area contributed by atoms with Gasteiger partial charge in [-0.05, 0) is 25.7 Å². The first-order valence-electron chi connectivity index (χ1n) is 6.41. The third kappa shape index (κ3) is 2.88. The lowest BCUT2D eigenvalue weighted by Gasteiger charge is -2.33. The number of piperidine rings is 1. The number of urea groups is 1. The number of likely N-dealkylation sites (tertiary alicyclic amines) is 1. The topological polar surface area (TPSA) is 41.6 Å². The second-order valence-corrected chi connectivity index (χ2v) is 4.78. The lowest BCUT2D eigenvalue weighted by molar-refractivity contribution is -0.0338. The minimum Gasteiger partial charge on any atom is -0.375 e. The highest BCUT2D eigenvalue weighted by molar-refractivity contribution is 5.73. The van der Waals surface area contributed by atoms with Gasteiger partial charge in [0.25, 0.3) is 0 Å². The molecule has 1 saturated carbocycles. The first-order valence-corrected chi connectivity index (χ1v) is 6.41. The molecule has 0 aromatic heterocycles. The van der Waals surface area contributed by atoms with Crippen molar-refractivity contribution in [2.24, 2.45) is 0 Å². The average molecular weight is 226 g/mol. The molecule has 0 radical (unpaired) electrons. The normalized spacial score (nSPS) is 23.7. The molecule has 4 heteroatoms. The zero-order chi connectivity index (χ0) is 11.4. The van der Waals surface area contributed by atoms with Crippen molar-refractivity contribution in [3.63, 3.8) is 0 Å². The van der Waals surface area contributed by atoms with Gasteiger partial charge in [0.2, 0.25) is 0 Å². The Bertz CT molecular complexity index is 231. The summed E-state index contributed by atoms with van der Waals surface area (Å²) in [5.41, 5.74) is 0. The van der Waals surface area contributed by atoms with Gasteiger partial charge in [0, 0.05) is 20.1 Å². The first kappa shape index (κ1) is 11.7. The molecule has 1 N–H and O–H groups in total. The largest absolute Gasteiger partial charge is 0.375 e. The van der Waals surface area contributed by atoms with Crippen LogP contribution in [0.2, 0.25) is 0 Å². The predicted molar refractivity (Wildman–Crippen MR) is 62.4 cm³/mol. The molecule has 2 rings (SSSR count). The molecule has 1 aliphatic heterocycles. The second-order valence-electron chi connectivity index (χ2n) is 4.78. The van der Waals surface area contributed by atoms with E-state index in [0.29, 0.717) is 12.2 Å². The van der Waals surface area contributed by atoms with E-state index in [0.717, 1.165) is 25.9 Å². The predicted octanol–water partition coefficient (Wildman–Crippen LogP) is 1.75. The molecular formula is C12H22N2O2. The van der Waals surface area contributed by atoms with E-state index in [4.69, 9.17) is 4.74 Å². The number of nitrogens with one attached hydrogen (secondary N) is 1. The Hall–Kier alpha value is -0.770. The van der Waals surface area contributed by atoms with Gasteiger partial charge in [-0.3, -0.25) is 0 Å². The lowest BCUT2D eigenvalue weighted by atomic mass is 10.1. The number of nitrogens with zero attached hydrogens (tertiary/aromatic N) is 1. The van der Waals surface area contributed by atoms with E-state index in [1.54, 1.807) is 7.05 Å². The molecule has 1 aliphatic carbocycles. The highest BCUT2D eigenvalue weighted by atomic mass is 16.5. The molecule has 2 fully saturated rings. The van der Waals surface area contributed by atoms with Gasteiger partial charge < -0.3 is 15.0 Å². The van der Waals surface area contributed by atoms with Crippen molar-refractivity contribution < 1.29 is 9.53 Å². The van der Waals surface area contributed by atoms with Crippen LogP contribution in [0.4, 0.5) is 4.79 Å². The summed E-state index contributed by atoms with van der Waals surface area (Å²) < 4.78 is 6.06. The SMILES string of the molecule is CNC(=O)N1CCC(OC2CCCC2)CC1. The fourth-order valence-corrected chi connectivity index (χ4v) is 2.65. The monoisotopic (exact) mass is 226 g/mol. The van der Waals surface area contributed by atoms with Gasteiger partial charge >= 0.3 is 6.03 Å². The summed E-state index contributed by atoms with van der Waals surface area (Å²) >= 11 is 0. The van der Waals surface area contributed by atoms with Crippen LogP contribution in [0.1, 0.15) is 38.5 Å². The summed E-state index contributed by atoms with van der Waals surface area (Å²) in [6.07, 6.45) is 7.96. The molecule has 0 unspecified atom stereocenters. The molecule has 0 aromatic rings. The van der Waals surface area contributed by atoms with E-state index in [2.05, 4.69) is 5.32 Å². The molecule has 0 atom stereocenters. The summed E-state index contributed by atoms with van der Waals surface area (Å²) in [6.45, 7) is 1.66. The summed E-state index contributed by atoms with van der Waals surface area (Å²) in [5, 5.41) is 2.67. The maximum Gasteiger partial charge on any atom is 0.317 e. The summed E-state index contributed by atoms with van der Waals surface area (Å²) in [4.78, 5) is 13.3. The average Bonchev–Trinajstić information content (AvgIpc) is 2.82. The Kier molecular flexibility index (Phi) is 4.04. The van der Waals surface area contributed by atoms with Gasteiger partial charge in [0.1, 0.15) is 0 Å². The summed E-state index contributed by atoms with van der Waals surface area (Å²) in [6, 6.07) is 0.0410. The van der Waals surface area contributed by atoms with Crippen molar-refractivity contribution in [3.8, 4) is 0 Å². The van der Waals surface area contributed by atoms with Crippen LogP contribution < -0.4 is 5.32 Å². The standard InChI is InChI=1S/C12H22N2O2/c1-13-12(15)14-8-6-11(7-9-14)16-10-4-2-3-5-10/h10-11H,2-9H2,1H3,(H,13,15). The van der Waals surface area contributed by atoms with Crippen LogP contribution in [0.25, 0.3) is 0 Å². The summed E-state index contributed by atoms with van der Waals surface area (Å²) in [5.74, 6) is 0. The molecule has 92 valence electrons. The molecular weight excluding hydrogens is 204 g/mol. The van der Waals surface area contributed by atoms with E-state index < -0.39 is 0 Å². The van der Waals surface area contributed by atoms with E-state index in [1.807, 2.05) is 4.90 Å². The molecule has 4 nitrogen and oxygen atoms in total. The van der Waals surface area contributed by atoms with E-state index in [9.17, 15) is 4.79 Å². The number of ether oxygens (including phenoxy) is 1. The fraction of sp³-hybridized carbons (Fsp3) is 0.917. The van der Waals surface area contributed by atoms with Gasteiger partial charge in [0.15, 0.2) is 0 Å². The number of amides is 2. The highest BCUT2D eigenvalue weighted by Crippen LogP contribution is 2.25. The highest BCUT2D eigenvalue weighted by Gasteiger charge is 2.26. The zero-order valence-electron chi connectivity index (χ0n) is 10.1. The minimum atomic E-state index is 0.0410. The number of hydrogen-bond donors (Lipinski definition) is 1. The number of rotatable bonds is 2. The maximum atomic E-state index is 11.4. The van der Waals surface area contributed by atoms with Crippen LogP contribution in [0, 0.1) is 0 Å². The Balaban J connectivity index is 1.70. The lowest BCUT2D eigenvalue weighted by Crippen LogP contribution is -2.45. The van der Waals surface area contributed by atoms with E-state index >= 15 is 0 Å². The quantitative estimate of drug-likeness (QED) is 0.779. The molecule has 16 heavy (non-hydrogen) atoms. The van der Waals surface area contributed by atoms with Crippen molar-refractivity contribution in [2.75, 3.05) is 20.1 Å². The van der Waals surface area contributed by atoms with Crippen molar-refractivity contribution in [1.82, 2.24) is 10.2 Å². The molecule has 2 amide bonds. The van der Waals surface area contributed by atoms with Gasteiger partial charge in [-0.2, -0.15) is 0 Å². The molecule has 0 bridgehead atoms. The van der Waals surface area contributed by atoms with Crippen LogP contribution in [0.3, 0.4) is 0 Å². The summed E-state index contributed by atoms with van der Waals surface area (Å²) in [7, 11) is 1.68. The minimum absolute atomic E-state index is 0.0410. The van der Waals surface area contributed by atoms with Gasteiger partial charge in [0.05, 0.1) is 12.2 Å². The van der Waals surface area contributed by atoms with Crippen molar-refractivity contribution in [2.45, 2.75) is 50.7 Å². The molecule has 1 saturated heterocycles. The zero-order valence-corrected chi connectivity index (χ0v) is 10.1. The molecule has 0 aromatic carbocycles. The second kappa shape index (κ2) is 5.53. The maximum absolute atomic E-state index is 11.4. The van der Waals surface area contributed by atoms with E-state index in [-0.39, 0.29) is 6.03 Å². The van der Waals surface area contributed by atoms with Crippen molar-refractivity contribution in [3.05, 3.63) is 0 Å². The number of carbonyl (C=O) groups excluding carboxylic acids is 1. The fourth-order valence-electron chi connectivity index (χ4n) is 2.65. The molecule has 2 aliphatic rings. The van der Waals surface area contributed by atoms with Crippen LogP contribution in [-0.4, -0.2) is 43.3 Å². The van der Waals surface area contributed by atoms with Crippen LogP contribution in [-0.2, 0) is 4.74 Å². The third-order valence-electron chi connectivity index (χ3n) is 3.63.